The number of hydrogen-bond acceptors (Lipinski definition) is 7. The van der Waals surface area contributed by atoms with E-state index in [0.717, 1.165) is 42.7 Å². The number of piperidine rings is 1. The number of fused-ring (bicyclic) bond motifs is 1. The Morgan fingerprint density at radius 2 is 2.17 bits per heavy atom. The Labute approximate surface area is 212 Å². The summed E-state index contributed by atoms with van der Waals surface area (Å²) in [5, 5.41) is 17.3. The molecule has 0 saturated carbocycles. The number of nitrogens with one attached hydrogen (secondary N) is 2. The number of nitrogens with zero attached hydrogens (tertiary/aromatic N) is 1. The average Bonchev–Trinajstić information content (AvgIpc) is 2.91. The van der Waals surface area contributed by atoms with E-state index in [1.54, 1.807) is 7.11 Å². The fraction of sp³-hybridized carbons (Fsp3) is 0.429. The number of carbonyl (C=O) groups excluding carboxylic acids is 1. The zero-order valence-corrected chi connectivity index (χ0v) is 21.1. The van der Waals surface area contributed by atoms with Gasteiger partial charge in [0.2, 0.25) is 0 Å². The Morgan fingerprint density at radius 1 is 1.31 bits per heavy atom. The third-order valence-corrected chi connectivity index (χ3v) is 6.89. The fourth-order valence-corrected chi connectivity index (χ4v) is 4.97. The largest absolute Gasteiger partial charge is 0.493 e. The van der Waals surface area contributed by atoms with Crippen LogP contribution in [-0.2, 0) is 13.0 Å². The molecule has 1 unspecified atom stereocenters. The van der Waals surface area contributed by atoms with Gasteiger partial charge in [0, 0.05) is 23.3 Å². The Bertz CT molecular complexity index is 1210. The summed E-state index contributed by atoms with van der Waals surface area (Å²) in [6.45, 7) is 4.76. The second-order valence-corrected chi connectivity index (χ2v) is 9.21. The standard InChI is InChI=1S/C28H36N4O4/c1-3-20-19(17-33)9-4-10-23(20)32-27-21-13-25(35-2)26(14-24(21)31-16-22(27)28(29)34)36-12-6-8-18-7-5-11-30-15-18/h4,9-10,13-14,16,18,30,33H,3,5-8,11-12,15,17H2,1-2H3,(H2,29,34)(H,31,32). The van der Waals surface area contributed by atoms with Crippen molar-refractivity contribution in [2.24, 2.45) is 11.7 Å². The van der Waals surface area contributed by atoms with Crippen LogP contribution in [-0.4, -0.2) is 42.8 Å². The minimum atomic E-state index is -0.584. The predicted octanol–water partition coefficient (Wildman–Crippen LogP) is 4.30. The lowest BCUT2D eigenvalue weighted by Gasteiger charge is -2.22. The SMILES string of the molecule is CCc1c(CO)cccc1Nc1c(C(N)=O)cnc2cc(OCCCC3CCCNC3)c(OC)cc12. The highest BCUT2D eigenvalue weighted by Gasteiger charge is 2.19. The number of nitrogens with two attached hydrogens (primary N) is 1. The molecule has 1 saturated heterocycles. The molecule has 1 amide bonds. The highest BCUT2D eigenvalue weighted by atomic mass is 16.5. The number of aliphatic hydroxyl groups excluding tert-OH is 1. The van der Waals surface area contributed by atoms with E-state index in [2.05, 4.69) is 15.6 Å². The van der Waals surface area contributed by atoms with Crippen molar-refractivity contribution in [1.29, 1.82) is 0 Å². The number of benzene rings is 2. The zero-order chi connectivity index (χ0) is 25.5. The Kier molecular flexibility index (Phi) is 8.61. The van der Waals surface area contributed by atoms with E-state index in [0.29, 0.717) is 47.0 Å². The summed E-state index contributed by atoms with van der Waals surface area (Å²) in [6, 6.07) is 9.36. The Hall–Kier alpha value is -3.36. The van der Waals surface area contributed by atoms with Crippen LogP contribution in [0.25, 0.3) is 10.9 Å². The lowest BCUT2D eigenvalue weighted by atomic mass is 9.95. The van der Waals surface area contributed by atoms with Gasteiger partial charge in [-0.25, -0.2) is 0 Å². The molecule has 0 spiro atoms. The van der Waals surface area contributed by atoms with Gasteiger partial charge in [-0.05, 0) is 74.4 Å². The number of primary amides is 1. The molecule has 4 rings (SSSR count). The number of methoxy groups -OCH3 is 1. The summed E-state index contributed by atoms with van der Waals surface area (Å²) in [7, 11) is 1.60. The number of amides is 1. The lowest BCUT2D eigenvalue weighted by molar-refractivity contribution is 0.100. The number of ether oxygens (including phenoxy) is 2. The molecule has 1 aromatic heterocycles. The van der Waals surface area contributed by atoms with Crippen LogP contribution < -0.4 is 25.8 Å². The van der Waals surface area contributed by atoms with Gasteiger partial charge in [-0.2, -0.15) is 0 Å². The van der Waals surface area contributed by atoms with Crippen molar-refractivity contribution in [3.63, 3.8) is 0 Å². The Balaban J connectivity index is 1.64. The quantitative estimate of drug-likeness (QED) is 0.295. The molecular formula is C28H36N4O4. The van der Waals surface area contributed by atoms with Gasteiger partial charge in [-0.15, -0.1) is 0 Å². The molecule has 1 aliphatic rings. The van der Waals surface area contributed by atoms with Crippen molar-refractivity contribution < 1.29 is 19.4 Å². The van der Waals surface area contributed by atoms with Crippen LogP contribution in [0.4, 0.5) is 11.4 Å². The second kappa shape index (κ2) is 12.1. The summed E-state index contributed by atoms with van der Waals surface area (Å²) in [5.74, 6) is 1.31. The summed E-state index contributed by atoms with van der Waals surface area (Å²) >= 11 is 0. The first kappa shape index (κ1) is 25.7. The van der Waals surface area contributed by atoms with E-state index in [1.807, 2.05) is 37.3 Å². The van der Waals surface area contributed by atoms with Gasteiger partial charge in [0.1, 0.15) is 0 Å². The molecule has 5 N–H and O–H groups in total. The van der Waals surface area contributed by atoms with Crippen molar-refractivity contribution in [1.82, 2.24) is 10.3 Å². The molecule has 192 valence electrons. The fourth-order valence-electron chi connectivity index (χ4n) is 4.97. The second-order valence-electron chi connectivity index (χ2n) is 9.21. The van der Waals surface area contributed by atoms with Gasteiger partial charge >= 0.3 is 0 Å². The zero-order valence-electron chi connectivity index (χ0n) is 21.1. The van der Waals surface area contributed by atoms with Crippen LogP contribution in [0.2, 0.25) is 0 Å². The topological polar surface area (TPSA) is 119 Å². The molecule has 2 heterocycles. The van der Waals surface area contributed by atoms with Crippen LogP contribution in [0.1, 0.15) is 54.1 Å². The number of aliphatic hydroxyl groups is 1. The number of hydrogen-bond donors (Lipinski definition) is 4. The third-order valence-electron chi connectivity index (χ3n) is 6.89. The van der Waals surface area contributed by atoms with Gasteiger partial charge in [-0.1, -0.05) is 19.1 Å². The first-order valence-electron chi connectivity index (χ1n) is 12.7. The van der Waals surface area contributed by atoms with E-state index >= 15 is 0 Å². The normalized spacial score (nSPS) is 15.6. The minimum absolute atomic E-state index is 0.0652. The van der Waals surface area contributed by atoms with Crippen molar-refractivity contribution in [3.8, 4) is 11.5 Å². The molecule has 0 aliphatic carbocycles. The van der Waals surface area contributed by atoms with Gasteiger partial charge < -0.3 is 30.9 Å². The molecule has 8 heteroatoms. The number of aromatic nitrogens is 1. The number of pyridine rings is 1. The van der Waals surface area contributed by atoms with E-state index in [1.165, 1.54) is 19.0 Å². The maximum atomic E-state index is 12.3. The average molecular weight is 493 g/mol. The molecule has 0 radical (unpaired) electrons. The van der Waals surface area contributed by atoms with E-state index in [-0.39, 0.29) is 12.2 Å². The highest BCUT2D eigenvalue weighted by molar-refractivity contribution is 6.08. The van der Waals surface area contributed by atoms with E-state index in [4.69, 9.17) is 15.2 Å². The highest BCUT2D eigenvalue weighted by Crippen LogP contribution is 2.38. The van der Waals surface area contributed by atoms with Crippen LogP contribution in [0.3, 0.4) is 0 Å². The minimum Gasteiger partial charge on any atom is -0.493 e. The first-order chi connectivity index (χ1) is 17.5. The molecule has 1 atom stereocenters. The van der Waals surface area contributed by atoms with Crippen molar-refractivity contribution in [3.05, 3.63) is 53.2 Å². The number of carbonyl (C=O) groups is 1. The maximum Gasteiger partial charge on any atom is 0.252 e. The predicted molar refractivity (Wildman–Crippen MR) is 142 cm³/mol. The Morgan fingerprint density at radius 3 is 2.86 bits per heavy atom. The summed E-state index contributed by atoms with van der Waals surface area (Å²) in [6.07, 6.45) is 6.81. The summed E-state index contributed by atoms with van der Waals surface area (Å²) < 4.78 is 11.8. The number of rotatable bonds is 11. The van der Waals surface area contributed by atoms with Gasteiger partial charge in [0.25, 0.3) is 5.91 Å². The molecular weight excluding hydrogens is 456 g/mol. The van der Waals surface area contributed by atoms with Gasteiger partial charge in [0.05, 0.1) is 37.1 Å². The molecule has 36 heavy (non-hydrogen) atoms. The summed E-state index contributed by atoms with van der Waals surface area (Å²) in [4.78, 5) is 16.8. The van der Waals surface area contributed by atoms with Crippen LogP contribution in [0.15, 0.2) is 36.5 Å². The lowest BCUT2D eigenvalue weighted by Crippen LogP contribution is -2.29. The smallest absolute Gasteiger partial charge is 0.252 e. The molecule has 0 bridgehead atoms. The van der Waals surface area contributed by atoms with Crippen molar-refractivity contribution in [2.75, 3.05) is 32.1 Å². The molecule has 1 aliphatic heterocycles. The van der Waals surface area contributed by atoms with Crippen molar-refractivity contribution in [2.45, 2.75) is 45.6 Å². The van der Waals surface area contributed by atoms with Crippen LogP contribution in [0.5, 0.6) is 11.5 Å². The van der Waals surface area contributed by atoms with E-state index < -0.39 is 5.91 Å². The third kappa shape index (κ3) is 5.71. The maximum absolute atomic E-state index is 12.3. The molecule has 3 aromatic rings. The van der Waals surface area contributed by atoms with E-state index in [9.17, 15) is 9.90 Å². The monoisotopic (exact) mass is 492 g/mol. The summed E-state index contributed by atoms with van der Waals surface area (Å²) in [5.41, 5.74) is 9.80. The molecule has 2 aromatic carbocycles. The molecule has 8 nitrogen and oxygen atoms in total. The van der Waals surface area contributed by atoms with Crippen molar-refractivity contribution >= 4 is 28.2 Å². The van der Waals surface area contributed by atoms with Gasteiger partial charge in [0.15, 0.2) is 11.5 Å². The first-order valence-corrected chi connectivity index (χ1v) is 12.7. The van der Waals surface area contributed by atoms with Crippen LogP contribution in [0, 0.1) is 5.92 Å². The van der Waals surface area contributed by atoms with Gasteiger partial charge in [-0.3, -0.25) is 9.78 Å². The number of anilines is 2. The molecule has 1 fully saturated rings. The van der Waals surface area contributed by atoms with Crippen LogP contribution >= 0.6 is 0 Å².